The predicted molar refractivity (Wildman–Crippen MR) is 46.3 cm³/mol. The number of nitrogens with two attached hydrogens (primary N) is 1. The van der Waals surface area contributed by atoms with Crippen molar-refractivity contribution in [3.8, 4) is 11.5 Å². The highest BCUT2D eigenvalue weighted by atomic mass is 19.1. The molecule has 0 saturated heterocycles. The van der Waals surface area contributed by atoms with E-state index in [0.717, 1.165) is 12.1 Å². The highest BCUT2D eigenvalue weighted by Gasteiger charge is 2.17. The largest absolute Gasteiger partial charge is 0.444 e. The highest BCUT2D eigenvalue weighted by molar-refractivity contribution is 5.62. The maximum atomic E-state index is 13.4. The molecule has 0 fully saturated rings. The first kappa shape index (κ1) is 8.68. The van der Waals surface area contributed by atoms with Crippen LogP contribution in [0.15, 0.2) is 29.0 Å². The van der Waals surface area contributed by atoms with Gasteiger partial charge in [-0.1, -0.05) is 0 Å². The van der Waals surface area contributed by atoms with Crippen LogP contribution in [0.3, 0.4) is 0 Å². The predicted octanol–water partition coefficient (Wildman–Crippen LogP) is 2.20. The van der Waals surface area contributed by atoms with Gasteiger partial charge >= 0.3 is 0 Å². The Morgan fingerprint density at radius 2 is 2.07 bits per heavy atom. The lowest BCUT2D eigenvalue weighted by atomic mass is 10.1. The zero-order valence-electron chi connectivity index (χ0n) is 7.00. The molecule has 1 aromatic carbocycles. The van der Waals surface area contributed by atoms with Gasteiger partial charge in [-0.05, 0) is 12.1 Å². The molecular weight excluding hydrogens is 190 g/mol. The number of aromatic nitrogens is 1. The number of halogens is 2. The van der Waals surface area contributed by atoms with Crippen LogP contribution in [0, 0.1) is 11.6 Å². The number of nitrogens with zero attached hydrogens (tertiary/aromatic N) is 1. The summed E-state index contributed by atoms with van der Waals surface area (Å²) in [4.78, 5) is 3.65. The van der Waals surface area contributed by atoms with E-state index in [0.29, 0.717) is 0 Å². The van der Waals surface area contributed by atoms with Crippen LogP contribution in [0.25, 0.3) is 11.5 Å². The van der Waals surface area contributed by atoms with Crippen LogP contribution in [-0.4, -0.2) is 4.98 Å². The molecule has 72 valence electrons. The summed E-state index contributed by atoms with van der Waals surface area (Å²) in [5.74, 6) is -1.72. The van der Waals surface area contributed by atoms with Gasteiger partial charge in [0.15, 0.2) is 5.82 Å². The molecule has 0 atom stereocenters. The van der Waals surface area contributed by atoms with E-state index in [2.05, 4.69) is 4.98 Å². The Morgan fingerprint density at radius 1 is 1.29 bits per heavy atom. The van der Waals surface area contributed by atoms with E-state index in [-0.39, 0.29) is 17.1 Å². The monoisotopic (exact) mass is 196 g/mol. The van der Waals surface area contributed by atoms with Crippen molar-refractivity contribution in [1.82, 2.24) is 4.98 Å². The third-order valence-electron chi connectivity index (χ3n) is 1.77. The second-order valence-corrected chi connectivity index (χ2v) is 2.66. The average molecular weight is 196 g/mol. The quantitative estimate of drug-likeness (QED) is 0.711. The molecule has 0 aliphatic heterocycles. The molecular formula is C9H6F2N2O. The normalized spacial score (nSPS) is 10.4. The molecule has 2 aromatic rings. The van der Waals surface area contributed by atoms with Gasteiger partial charge in [-0.2, -0.15) is 0 Å². The summed E-state index contributed by atoms with van der Waals surface area (Å²) in [6, 6.07) is 2.22. The van der Waals surface area contributed by atoms with Gasteiger partial charge in [-0.3, -0.25) is 0 Å². The van der Waals surface area contributed by atoms with E-state index in [1.807, 2.05) is 0 Å². The topological polar surface area (TPSA) is 52.0 Å². The maximum Gasteiger partial charge on any atom is 0.231 e. The maximum absolute atomic E-state index is 13.4. The Kier molecular flexibility index (Phi) is 1.92. The minimum absolute atomic E-state index is 0.118. The standard InChI is InChI=1S/C9H6F2N2O/c10-5-1-2-6(12)8(11)7(5)9-13-3-4-14-9/h1-4H,12H2. The lowest BCUT2D eigenvalue weighted by molar-refractivity contribution is 0.543. The molecule has 5 heteroatoms. The van der Waals surface area contributed by atoms with Crippen LogP contribution >= 0.6 is 0 Å². The van der Waals surface area contributed by atoms with Crippen LogP contribution in [0.1, 0.15) is 0 Å². The molecule has 2 rings (SSSR count). The lowest BCUT2D eigenvalue weighted by Gasteiger charge is -2.02. The molecule has 0 spiro atoms. The molecule has 14 heavy (non-hydrogen) atoms. The fraction of sp³-hybridized carbons (Fsp3) is 0. The number of benzene rings is 1. The number of oxazole rings is 1. The van der Waals surface area contributed by atoms with Gasteiger partial charge in [0.2, 0.25) is 5.89 Å². The van der Waals surface area contributed by atoms with Gasteiger partial charge in [-0.25, -0.2) is 13.8 Å². The van der Waals surface area contributed by atoms with E-state index in [1.54, 1.807) is 0 Å². The van der Waals surface area contributed by atoms with E-state index < -0.39 is 11.6 Å². The summed E-state index contributed by atoms with van der Waals surface area (Å²) in [5.41, 5.74) is 4.81. The minimum Gasteiger partial charge on any atom is -0.444 e. The number of nitrogen functional groups attached to an aromatic ring is 1. The first-order chi connectivity index (χ1) is 6.70. The Hall–Kier alpha value is -1.91. The van der Waals surface area contributed by atoms with Crippen LogP contribution in [0.5, 0.6) is 0 Å². The fourth-order valence-electron chi connectivity index (χ4n) is 1.11. The average Bonchev–Trinajstić information content (AvgIpc) is 2.65. The summed E-state index contributed by atoms with van der Waals surface area (Å²) in [6.07, 6.45) is 2.54. The van der Waals surface area contributed by atoms with Crippen molar-refractivity contribution in [2.24, 2.45) is 0 Å². The van der Waals surface area contributed by atoms with Gasteiger partial charge in [0, 0.05) is 0 Å². The third kappa shape index (κ3) is 1.22. The van der Waals surface area contributed by atoms with E-state index in [1.165, 1.54) is 12.5 Å². The van der Waals surface area contributed by atoms with Crippen molar-refractivity contribution in [1.29, 1.82) is 0 Å². The first-order valence-corrected chi connectivity index (χ1v) is 3.83. The molecule has 3 nitrogen and oxygen atoms in total. The fourth-order valence-corrected chi connectivity index (χ4v) is 1.11. The van der Waals surface area contributed by atoms with E-state index in [4.69, 9.17) is 10.2 Å². The van der Waals surface area contributed by atoms with Crippen LogP contribution < -0.4 is 5.73 Å². The molecule has 2 N–H and O–H groups in total. The number of anilines is 1. The molecule has 0 aliphatic carbocycles. The second-order valence-electron chi connectivity index (χ2n) is 2.66. The Bertz CT molecular complexity index is 454. The Balaban J connectivity index is 2.69. The molecule has 1 heterocycles. The van der Waals surface area contributed by atoms with Gasteiger partial charge < -0.3 is 10.2 Å². The van der Waals surface area contributed by atoms with Gasteiger partial charge in [0.25, 0.3) is 0 Å². The van der Waals surface area contributed by atoms with Crippen LogP contribution in [0.4, 0.5) is 14.5 Å². The van der Waals surface area contributed by atoms with Crippen LogP contribution in [-0.2, 0) is 0 Å². The first-order valence-electron chi connectivity index (χ1n) is 3.83. The van der Waals surface area contributed by atoms with Gasteiger partial charge in [-0.15, -0.1) is 0 Å². The highest BCUT2D eigenvalue weighted by Crippen LogP contribution is 2.27. The van der Waals surface area contributed by atoms with Crippen molar-refractivity contribution in [3.63, 3.8) is 0 Å². The van der Waals surface area contributed by atoms with Crippen molar-refractivity contribution < 1.29 is 13.2 Å². The van der Waals surface area contributed by atoms with Crippen molar-refractivity contribution >= 4 is 5.69 Å². The second kappa shape index (κ2) is 3.10. The molecule has 0 unspecified atom stereocenters. The summed E-state index contributed by atoms with van der Waals surface area (Å²) in [7, 11) is 0. The number of hydrogen-bond donors (Lipinski definition) is 1. The number of hydrogen-bond acceptors (Lipinski definition) is 3. The van der Waals surface area contributed by atoms with Gasteiger partial charge in [0.1, 0.15) is 17.6 Å². The zero-order chi connectivity index (χ0) is 10.1. The summed E-state index contributed by atoms with van der Waals surface area (Å²) in [5, 5.41) is 0. The zero-order valence-corrected chi connectivity index (χ0v) is 7.00. The van der Waals surface area contributed by atoms with E-state index >= 15 is 0 Å². The van der Waals surface area contributed by atoms with Crippen molar-refractivity contribution in [2.75, 3.05) is 5.73 Å². The summed E-state index contributed by atoms with van der Waals surface area (Å²) in [6.45, 7) is 0. The molecule has 0 saturated carbocycles. The molecule has 0 aliphatic rings. The molecule has 1 aromatic heterocycles. The van der Waals surface area contributed by atoms with Gasteiger partial charge in [0.05, 0.1) is 11.9 Å². The minimum atomic E-state index is -0.854. The van der Waals surface area contributed by atoms with Crippen molar-refractivity contribution in [2.45, 2.75) is 0 Å². The molecule has 0 radical (unpaired) electrons. The Morgan fingerprint density at radius 3 is 2.71 bits per heavy atom. The smallest absolute Gasteiger partial charge is 0.231 e. The number of rotatable bonds is 1. The van der Waals surface area contributed by atoms with E-state index in [9.17, 15) is 8.78 Å². The third-order valence-corrected chi connectivity index (χ3v) is 1.77. The lowest BCUT2D eigenvalue weighted by Crippen LogP contribution is -1.96. The van der Waals surface area contributed by atoms with Crippen LogP contribution in [0.2, 0.25) is 0 Å². The summed E-state index contributed by atoms with van der Waals surface area (Å²) < 4.78 is 31.3. The summed E-state index contributed by atoms with van der Waals surface area (Å²) >= 11 is 0. The Labute approximate surface area is 78.2 Å². The molecule has 0 amide bonds. The SMILES string of the molecule is Nc1ccc(F)c(-c2ncco2)c1F. The van der Waals surface area contributed by atoms with Crippen molar-refractivity contribution in [3.05, 3.63) is 36.2 Å². The molecule has 0 bridgehead atoms.